The minimum Gasteiger partial charge on any atom is -0.366 e. The van der Waals surface area contributed by atoms with E-state index in [1.54, 1.807) is 17.0 Å². The molecular weight excluding hydrogens is 192 g/mol. The van der Waals surface area contributed by atoms with Gasteiger partial charge in [0.15, 0.2) is 0 Å². The van der Waals surface area contributed by atoms with Gasteiger partial charge in [0, 0.05) is 13.1 Å². The van der Waals surface area contributed by atoms with Crippen molar-refractivity contribution in [1.82, 2.24) is 4.90 Å². The molecule has 0 fully saturated rings. The van der Waals surface area contributed by atoms with E-state index < -0.39 is 5.91 Å². The minimum atomic E-state index is -0.543. The summed E-state index contributed by atoms with van der Waals surface area (Å²) < 4.78 is 0. The summed E-state index contributed by atoms with van der Waals surface area (Å²) in [5, 5.41) is 0. The molecule has 0 aliphatic carbocycles. The number of nitrogens with zero attached hydrogens (tertiary/aromatic N) is 1. The van der Waals surface area contributed by atoms with E-state index in [4.69, 9.17) is 5.73 Å². The summed E-state index contributed by atoms with van der Waals surface area (Å²) in [5.41, 5.74) is 6.92. The lowest BCUT2D eigenvalue weighted by atomic mass is 10.0. The number of fused-ring (bicyclic) bond motifs is 1. The minimum absolute atomic E-state index is 0.0955. The Balaban J connectivity index is 2.55. The predicted molar refractivity (Wildman–Crippen MR) is 55.4 cm³/mol. The monoisotopic (exact) mass is 204 g/mol. The highest BCUT2D eigenvalue weighted by atomic mass is 16.2. The first-order valence-electron chi connectivity index (χ1n) is 4.86. The Kier molecular flexibility index (Phi) is 2.19. The van der Waals surface area contributed by atoms with Gasteiger partial charge in [-0.3, -0.25) is 9.59 Å². The molecule has 2 N–H and O–H groups in total. The molecule has 0 atom stereocenters. The third kappa shape index (κ3) is 1.38. The van der Waals surface area contributed by atoms with Gasteiger partial charge in [-0.15, -0.1) is 0 Å². The Morgan fingerprint density at radius 3 is 2.87 bits per heavy atom. The molecule has 1 aliphatic heterocycles. The lowest BCUT2D eigenvalue weighted by Crippen LogP contribution is -2.24. The van der Waals surface area contributed by atoms with Gasteiger partial charge in [-0.2, -0.15) is 0 Å². The van der Waals surface area contributed by atoms with E-state index in [0.29, 0.717) is 24.2 Å². The van der Waals surface area contributed by atoms with Gasteiger partial charge in [-0.1, -0.05) is 12.1 Å². The van der Waals surface area contributed by atoms with Crippen molar-refractivity contribution in [3.05, 3.63) is 34.9 Å². The van der Waals surface area contributed by atoms with Gasteiger partial charge < -0.3 is 10.6 Å². The third-order valence-corrected chi connectivity index (χ3v) is 2.66. The van der Waals surface area contributed by atoms with Gasteiger partial charge >= 0.3 is 0 Å². The molecule has 1 aromatic carbocycles. The van der Waals surface area contributed by atoms with Gasteiger partial charge in [0.25, 0.3) is 5.91 Å². The molecule has 2 rings (SSSR count). The van der Waals surface area contributed by atoms with E-state index >= 15 is 0 Å². The number of carbonyl (C=O) groups is 2. The Morgan fingerprint density at radius 1 is 1.53 bits per heavy atom. The zero-order valence-electron chi connectivity index (χ0n) is 8.49. The van der Waals surface area contributed by atoms with Crippen LogP contribution in [0.25, 0.3) is 0 Å². The van der Waals surface area contributed by atoms with E-state index in [9.17, 15) is 9.59 Å². The Morgan fingerprint density at radius 2 is 2.27 bits per heavy atom. The summed E-state index contributed by atoms with van der Waals surface area (Å²) in [6, 6.07) is 5.21. The fourth-order valence-electron chi connectivity index (χ4n) is 1.88. The number of primary amides is 1. The number of amides is 2. The number of hydrogen-bond donors (Lipinski definition) is 1. The second-order valence-electron chi connectivity index (χ2n) is 3.52. The van der Waals surface area contributed by atoms with Crippen LogP contribution in [0.2, 0.25) is 0 Å². The second-order valence-corrected chi connectivity index (χ2v) is 3.52. The van der Waals surface area contributed by atoms with Crippen LogP contribution in [0.15, 0.2) is 18.2 Å². The molecule has 1 aromatic rings. The number of rotatable bonds is 2. The van der Waals surface area contributed by atoms with Crippen molar-refractivity contribution in [2.45, 2.75) is 13.5 Å². The van der Waals surface area contributed by atoms with E-state index in [1.807, 2.05) is 13.0 Å². The lowest BCUT2D eigenvalue weighted by Gasteiger charge is -2.11. The summed E-state index contributed by atoms with van der Waals surface area (Å²) in [6.07, 6.45) is 0. The van der Waals surface area contributed by atoms with Crippen molar-refractivity contribution in [3.63, 3.8) is 0 Å². The van der Waals surface area contributed by atoms with Crippen molar-refractivity contribution in [3.8, 4) is 0 Å². The normalized spacial score (nSPS) is 14.2. The standard InChI is InChI=1S/C11H12N2O2/c1-2-13-6-7-4-3-5-8(10(12)14)9(7)11(13)15/h3-5H,2,6H2,1H3,(H2,12,14). The number of carbonyl (C=O) groups excluding carboxylic acids is 2. The number of nitrogens with two attached hydrogens (primary N) is 1. The second kappa shape index (κ2) is 3.38. The summed E-state index contributed by atoms with van der Waals surface area (Å²) in [6.45, 7) is 3.13. The topological polar surface area (TPSA) is 63.4 Å². The summed E-state index contributed by atoms with van der Waals surface area (Å²) in [7, 11) is 0. The first kappa shape index (κ1) is 9.71. The SMILES string of the molecule is CCN1Cc2cccc(C(N)=O)c2C1=O. The van der Waals surface area contributed by atoms with Gasteiger partial charge in [0.2, 0.25) is 5.91 Å². The van der Waals surface area contributed by atoms with Crippen LogP contribution in [0, 0.1) is 0 Å². The van der Waals surface area contributed by atoms with Crippen LogP contribution in [0.5, 0.6) is 0 Å². The highest BCUT2D eigenvalue weighted by Gasteiger charge is 2.29. The van der Waals surface area contributed by atoms with Gasteiger partial charge in [0.05, 0.1) is 11.1 Å². The first-order chi connectivity index (χ1) is 7.15. The highest BCUT2D eigenvalue weighted by molar-refractivity contribution is 6.09. The smallest absolute Gasteiger partial charge is 0.255 e. The maximum absolute atomic E-state index is 11.9. The molecule has 0 saturated heterocycles. The molecule has 1 heterocycles. The fraction of sp³-hybridized carbons (Fsp3) is 0.273. The maximum atomic E-state index is 11.9. The zero-order chi connectivity index (χ0) is 11.0. The van der Waals surface area contributed by atoms with Crippen molar-refractivity contribution in [2.75, 3.05) is 6.54 Å². The summed E-state index contributed by atoms with van der Waals surface area (Å²) in [4.78, 5) is 24.7. The maximum Gasteiger partial charge on any atom is 0.255 e. The van der Waals surface area contributed by atoms with Crippen molar-refractivity contribution >= 4 is 11.8 Å². The van der Waals surface area contributed by atoms with Crippen LogP contribution in [-0.4, -0.2) is 23.3 Å². The number of benzene rings is 1. The molecule has 2 amide bonds. The van der Waals surface area contributed by atoms with E-state index in [2.05, 4.69) is 0 Å². The van der Waals surface area contributed by atoms with Crippen molar-refractivity contribution < 1.29 is 9.59 Å². The lowest BCUT2D eigenvalue weighted by molar-refractivity contribution is 0.0782. The Bertz CT molecular complexity index is 440. The van der Waals surface area contributed by atoms with E-state index in [-0.39, 0.29) is 5.91 Å². The predicted octanol–water partition coefficient (Wildman–Crippen LogP) is 0.761. The molecule has 15 heavy (non-hydrogen) atoms. The molecule has 4 nitrogen and oxygen atoms in total. The largest absolute Gasteiger partial charge is 0.366 e. The Hall–Kier alpha value is -1.84. The fourth-order valence-corrected chi connectivity index (χ4v) is 1.88. The molecular formula is C11H12N2O2. The summed E-state index contributed by atoms with van der Waals surface area (Å²) in [5.74, 6) is -0.639. The van der Waals surface area contributed by atoms with Crippen LogP contribution < -0.4 is 5.73 Å². The zero-order valence-corrected chi connectivity index (χ0v) is 8.49. The molecule has 4 heteroatoms. The van der Waals surface area contributed by atoms with Gasteiger partial charge in [-0.05, 0) is 18.6 Å². The molecule has 0 unspecified atom stereocenters. The average molecular weight is 204 g/mol. The van der Waals surface area contributed by atoms with Gasteiger partial charge in [0.1, 0.15) is 0 Å². The van der Waals surface area contributed by atoms with Crippen LogP contribution in [0.4, 0.5) is 0 Å². The summed E-state index contributed by atoms with van der Waals surface area (Å²) >= 11 is 0. The van der Waals surface area contributed by atoms with Gasteiger partial charge in [-0.25, -0.2) is 0 Å². The highest BCUT2D eigenvalue weighted by Crippen LogP contribution is 2.25. The molecule has 78 valence electrons. The third-order valence-electron chi connectivity index (χ3n) is 2.66. The molecule has 0 saturated carbocycles. The van der Waals surface area contributed by atoms with E-state index in [0.717, 1.165) is 5.56 Å². The van der Waals surface area contributed by atoms with E-state index in [1.165, 1.54) is 0 Å². The van der Waals surface area contributed by atoms with Crippen LogP contribution in [0.1, 0.15) is 33.2 Å². The molecule has 0 bridgehead atoms. The van der Waals surface area contributed by atoms with Crippen molar-refractivity contribution in [2.24, 2.45) is 5.73 Å². The van der Waals surface area contributed by atoms with Crippen LogP contribution in [0.3, 0.4) is 0 Å². The van der Waals surface area contributed by atoms with Crippen LogP contribution in [-0.2, 0) is 6.54 Å². The van der Waals surface area contributed by atoms with Crippen LogP contribution >= 0.6 is 0 Å². The Labute approximate surface area is 87.7 Å². The quantitative estimate of drug-likeness (QED) is 0.773. The molecule has 0 radical (unpaired) electrons. The first-order valence-corrected chi connectivity index (χ1v) is 4.86. The molecule has 0 spiro atoms. The van der Waals surface area contributed by atoms with Crippen molar-refractivity contribution in [1.29, 1.82) is 0 Å². The molecule has 0 aromatic heterocycles. The molecule has 1 aliphatic rings. The number of hydrogen-bond acceptors (Lipinski definition) is 2. The average Bonchev–Trinajstić information content (AvgIpc) is 2.55.